The predicted molar refractivity (Wildman–Crippen MR) is 94.5 cm³/mol. The second-order valence-electron chi connectivity index (χ2n) is 7.29. The molecule has 2 aliphatic rings. The molecule has 2 fully saturated rings. The van der Waals surface area contributed by atoms with Gasteiger partial charge in [0.05, 0.1) is 5.92 Å². The van der Waals surface area contributed by atoms with Crippen molar-refractivity contribution in [1.82, 2.24) is 20.0 Å². The van der Waals surface area contributed by atoms with Crippen LogP contribution in [0.25, 0.3) is 0 Å². The van der Waals surface area contributed by atoms with E-state index in [2.05, 4.69) is 27.0 Å². The lowest BCUT2D eigenvalue weighted by Crippen LogP contribution is -2.42. The number of hydrogen-bond acceptors (Lipinski definition) is 6. The van der Waals surface area contributed by atoms with E-state index in [0.29, 0.717) is 29.5 Å². The normalized spacial score (nSPS) is 22.8. The largest absolute Gasteiger partial charge is 0.484 e. The van der Waals surface area contributed by atoms with E-state index >= 15 is 0 Å². The van der Waals surface area contributed by atoms with Gasteiger partial charge in [-0.25, -0.2) is 4.39 Å². The fourth-order valence-electron chi connectivity index (χ4n) is 3.85. The Morgan fingerprint density at radius 1 is 1.12 bits per heavy atom. The predicted octanol–water partition coefficient (Wildman–Crippen LogP) is 2.67. The molecule has 4 rings (SSSR count). The van der Waals surface area contributed by atoms with Crippen molar-refractivity contribution < 1.29 is 13.5 Å². The second-order valence-corrected chi connectivity index (χ2v) is 7.29. The highest BCUT2D eigenvalue weighted by molar-refractivity contribution is 5.22. The summed E-state index contributed by atoms with van der Waals surface area (Å²) in [7, 11) is 2.19. The lowest BCUT2D eigenvalue weighted by atomic mass is 10.0. The standard InChI is InChI=1S/C19H25FN4O2/c1-23-9-7-16(8-10-23)24-11-6-14(12-24)19-22-21-18(26-19)13-25-17-4-2-15(20)3-5-17/h2-5,14,16H,6-13H2,1H3/t14-/m0/s1. The van der Waals surface area contributed by atoms with Gasteiger partial charge in [0.2, 0.25) is 5.89 Å². The van der Waals surface area contributed by atoms with Gasteiger partial charge in [0, 0.05) is 12.6 Å². The highest BCUT2D eigenvalue weighted by atomic mass is 19.1. The molecule has 0 saturated carbocycles. The Morgan fingerprint density at radius 2 is 1.88 bits per heavy atom. The summed E-state index contributed by atoms with van der Waals surface area (Å²) < 4.78 is 24.3. The molecule has 0 bridgehead atoms. The molecule has 6 nitrogen and oxygen atoms in total. The molecule has 0 amide bonds. The highest BCUT2D eigenvalue weighted by Gasteiger charge is 2.33. The summed E-state index contributed by atoms with van der Waals surface area (Å²) in [6, 6.07) is 6.59. The minimum Gasteiger partial charge on any atom is -0.484 e. The van der Waals surface area contributed by atoms with Crippen molar-refractivity contribution in [2.75, 3.05) is 33.2 Å². The first-order chi connectivity index (χ1) is 12.7. The Bertz CT molecular complexity index is 713. The minimum atomic E-state index is -0.284. The third kappa shape index (κ3) is 4.04. The first-order valence-corrected chi connectivity index (χ1v) is 9.30. The minimum absolute atomic E-state index is 0.198. The fourth-order valence-corrected chi connectivity index (χ4v) is 3.85. The number of rotatable bonds is 5. The van der Waals surface area contributed by atoms with E-state index in [9.17, 15) is 4.39 Å². The Labute approximate surface area is 152 Å². The van der Waals surface area contributed by atoms with Crippen molar-refractivity contribution in [3.05, 3.63) is 41.9 Å². The number of benzene rings is 1. The van der Waals surface area contributed by atoms with Gasteiger partial charge in [0.1, 0.15) is 11.6 Å². The van der Waals surface area contributed by atoms with Gasteiger partial charge >= 0.3 is 0 Å². The van der Waals surface area contributed by atoms with Gasteiger partial charge in [-0.2, -0.15) is 0 Å². The third-order valence-electron chi connectivity index (χ3n) is 5.43. The molecule has 1 aromatic heterocycles. The van der Waals surface area contributed by atoms with E-state index < -0.39 is 0 Å². The maximum absolute atomic E-state index is 12.9. The molecule has 0 N–H and O–H groups in total. The summed E-state index contributed by atoms with van der Waals surface area (Å²) in [6.07, 6.45) is 3.54. The average molecular weight is 360 g/mol. The van der Waals surface area contributed by atoms with Crippen LogP contribution < -0.4 is 4.74 Å². The van der Waals surface area contributed by atoms with Crippen LogP contribution in [0.1, 0.15) is 37.0 Å². The number of aromatic nitrogens is 2. The van der Waals surface area contributed by atoms with E-state index in [-0.39, 0.29) is 12.4 Å². The average Bonchev–Trinajstić information content (AvgIpc) is 3.31. The van der Waals surface area contributed by atoms with Crippen molar-refractivity contribution in [2.24, 2.45) is 0 Å². The lowest BCUT2D eigenvalue weighted by molar-refractivity contribution is 0.141. The van der Waals surface area contributed by atoms with E-state index in [1.807, 2.05) is 0 Å². The third-order valence-corrected chi connectivity index (χ3v) is 5.43. The Kier molecular flexibility index (Phi) is 5.17. The zero-order valence-corrected chi connectivity index (χ0v) is 15.1. The van der Waals surface area contributed by atoms with Gasteiger partial charge < -0.3 is 14.1 Å². The monoisotopic (exact) mass is 360 g/mol. The fraction of sp³-hybridized carbons (Fsp3) is 0.579. The smallest absolute Gasteiger partial charge is 0.253 e. The second kappa shape index (κ2) is 7.72. The molecule has 3 heterocycles. The molecule has 0 radical (unpaired) electrons. The Balaban J connectivity index is 1.30. The molecular weight excluding hydrogens is 335 g/mol. The van der Waals surface area contributed by atoms with Crippen molar-refractivity contribution in [3.8, 4) is 5.75 Å². The lowest BCUT2D eigenvalue weighted by Gasteiger charge is -2.35. The van der Waals surface area contributed by atoms with Crippen molar-refractivity contribution >= 4 is 0 Å². The summed E-state index contributed by atoms with van der Waals surface area (Å²) in [5.74, 6) is 1.77. The van der Waals surface area contributed by atoms with Gasteiger partial charge in [-0.15, -0.1) is 10.2 Å². The van der Waals surface area contributed by atoms with Gasteiger partial charge in [-0.05, 0) is 70.2 Å². The van der Waals surface area contributed by atoms with E-state index in [4.69, 9.17) is 9.15 Å². The van der Waals surface area contributed by atoms with Crippen LogP contribution in [0.2, 0.25) is 0 Å². The van der Waals surface area contributed by atoms with E-state index in [1.165, 1.54) is 38.1 Å². The molecule has 0 unspecified atom stereocenters. The van der Waals surface area contributed by atoms with Crippen LogP contribution in [-0.2, 0) is 6.61 Å². The number of nitrogens with zero attached hydrogens (tertiary/aromatic N) is 4. The number of ether oxygens (including phenoxy) is 1. The molecule has 2 aliphatic heterocycles. The number of likely N-dealkylation sites (tertiary alicyclic amines) is 2. The van der Waals surface area contributed by atoms with E-state index in [1.54, 1.807) is 12.1 Å². The molecular formula is C19H25FN4O2. The summed E-state index contributed by atoms with van der Waals surface area (Å²) in [6.45, 7) is 4.65. The summed E-state index contributed by atoms with van der Waals surface area (Å²) in [5.41, 5.74) is 0. The van der Waals surface area contributed by atoms with Gasteiger partial charge in [-0.1, -0.05) is 0 Å². The van der Waals surface area contributed by atoms with Crippen LogP contribution in [0.4, 0.5) is 4.39 Å². The molecule has 1 atom stereocenters. The van der Waals surface area contributed by atoms with E-state index in [0.717, 1.165) is 19.5 Å². The maximum atomic E-state index is 12.9. The number of halogens is 1. The summed E-state index contributed by atoms with van der Waals surface area (Å²) in [4.78, 5) is 4.98. The Morgan fingerprint density at radius 3 is 2.65 bits per heavy atom. The van der Waals surface area contributed by atoms with Gasteiger partial charge in [0.25, 0.3) is 5.89 Å². The first-order valence-electron chi connectivity index (χ1n) is 9.30. The van der Waals surface area contributed by atoms with Crippen molar-refractivity contribution in [3.63, 3.8) is 0 Å². The molecule has 26 heavy (non-hydrogen) atoms. The van der Waals surface area contributed by atoms with Crippen molar-refractivity contribution in [2.45, 2.75) is 37.8 Å². The van der Waals surface area contributed by atoms with Crippen LogP contribution in [-0.4, -0.2) is 59.3 Å². The molecule has 0 spiro atoms. The molecule has 2 saturated heterocycles. The number of piperidine rings is 1. The molecule has 2 aromatic rings. The number of hydrogen-bond donors (Lipinski definition) is 0. The quantitative estimate of drug-likeness (QED) is 0.817. The van der Waals surface area contributed by atoms with Gasteiger partial charge in [0.15, 0.2) is 6.61 Å². The summed E-state index contributed by atoms with van der Waals surface area (Å²) >= 11 is 0. The zero-order chi connectivity index (χ0) is 17.9. The van der Waals surface area contributed by atoms with Crippen LogP contribution in [0.5, 0.6) is 5.75 Å². The molecule has 140 valence electrons. The maximum Gasteiger partial charge on any atom is 0.253 e. The highest BCUT2D eigenvalue weighted by Crippen LogP contribution is 2.30. The van der Waals surface area contributed by atoms with Crippen LogP contribution >= 0.6 is 0 Å². The van der Waals surface area contributed by atoms with Gasteiger partial charge in [-0.3, -0.25) is 4.90 Å². The molecule has 7 heteroatoms. The SMILES string of the molecule is CN1CCC(N2CC[C@H](c3nnc(COc4ccc(F)cc4)o3)C2)CC1. The van der Waals surface area contributed by atoms with Crippen molar-refractivity contribution in [1.29, 1.82) is 0 Å². The molecule has 1 aromatic carbocycles. The van der Waals surface area contributed by atoms with Crippen LogP contribution in [0, 0.1) is 5.82 Å². The van der Waals surface area contributed by atoms with Crippen LogP contribution in [0.3, 0.4) is 0 Å². The topological polar surface area (TPSA) is 54.6 Å². The Hall–Kier alpha value is -1.99. The van der Waals surface area contributed by atoms with Crippen LogP contribution in [0.15, 0.2) is 28.7 Å². The molecule has 0 aliphatic carbocycles. The first kappa shape index (κ1) is 17.4. The zero-order valence-electron chi connectivity index (χ0n) is 15.1. The summed E-state index contributed by atoms with van der Waals surface area (Å²) in [5, 5.41) is 8.32.